The molecule has 0 saturated carbocycles. The van der Waals surface area contributed by atoms with Crippen LogP contribution < -0.4 is 0 Å². The van der Waals surface area contributed by atoms with E-state index in [1.807, 2.05) is 51.1 Å². The zero-order valence-corrected chi connectivity index (χ0v) is 18.2. The molecular formula is C28H28O3. The summed E-state index contributed by atoms with van der Waals surface area (Å²) in [6.07, 6.45) is 3.36. The maximum atomic E-state index is 12.1. The van der Waals surface area contributed by atoms with Crippen molar-refractivity contribution in [3.8, 4) is 11.1 Å². The van der Waals surface area contributed by atoms with Crippen molar-refractivity contribution in [2.75, 3.05) is 0 Å². The molecule has 0 saturated heterocycles. The number of carbonyl (C=O) groups excluding carboxylic acids is 1. The number of fused-ring (bicyclic) bond motifs is 3. The Kier molecular flexibility index (Phi) is 5.79. The molecule has 0 spiro atoms. The fourth-order valence-corrected chi connectivity index (χ4v) is 4.16. The molecule has 3 aromatic rings. The van der Waals surface area contributed by atoms with Crippen LogP contribution in [0.4, 0.5) is 0 Å². The third-order valence-electron chi connectivity index (χ3n) is 5.43. The molecule has 4 rings (SSSR count). The molecule has 3 aromatic carbocycles. The van der Waals surface area contributed by atoms with Crippen LogP contribution in [-0.2, 0) is 16.0 Å². The van der Waals surface area contributed by atoms with Gasteiger partial charge in [0.15, 0.2) is 0 Å². The number of rotatable bonds is 5. The number of hydrogen-bond donors (Lipinski definition) is 1. The molecule has 158 valence electrons. The van der Waals surface area contributed by atoms with E-state index in [1.54, 1.807) is 0 Å². The highest BCUT2D eigenvalue weighted by Gasteiger charge is 2.26. The van der Waals surface area contributed by atoms with Crippen LogP contribution >= 0.6 is 0 Å². The van der Waals surface area contributed by atoms with Gasteiger partial charge in [0.05, 0.1) is 12.5 Å². The molecule has 1 unspecified atom stereocenters. The van der Waals surface area contributed by atoms with Crippen molar-refractivity contribution in [1.29, 1.82) is 0 Å². The minimum atomic E-state index is -0.751. The van der Waals surface area contributed by atoms with E-state index in [-0.39, 0.29) is 18.3 Å². The highest BCUT2D eigenvalue weighted by molar-refractivity contribution is 5.79. The van der Waals surface area contributed by atoms with Gasteiger partial charge in [-0.05, 0) is 54.2 Å². The monoisotopic (exact) mass is 412 g/mol. The lowest BCUT2D eigenvalue weighted by molar-refractivity contribution is -0.153. The van der Waals surface area contributed by atoms with Crippen LogP contribution in [0.15, 0.2) is 84.9 Å². The molecule has 1 aliphatic carbocycles. The zero-order chi connectivity index (χ0) is 22.0. The van der Waals surface area contributed by atoms with E-state index in [2.05, 4.69) is 54.6 Å². The molecule has 3 nitrogen and oxygen atoms in total. The first kappa shape index (κ1) is 21.1. The lowest BCUT2D eigenvalue weighted by Gasteiger charge is -2.19. The minimum Gasteiger partial charge on any atom is -0.460 e. The van der Waals surface area contributed by atoms with Gasteiger partial charge in [-0.25, -0.2) is 0 Å². The molecule has 0 bridgehead atoms. The van der Waals surface area contributed by atoms with Crippen molar-refractivity contribution in [2.45, 2.75) is 44.8 Å². The average Bonchev–Trinajstić information content (AvgIpc) is 3.04. The van der Waals surface area contributed by atoms with Crippen LogP contribution in [0.25, 0.3) is 11.1 Å². The minimum absolute atomic E-state index is 0.118. The normalized spacial score (nSPS) is 14.3. The summed E-state index contributed by atoms with van der Waals surface area (Å²) >= 11 is 0. The summed E-state index contributed by atoms with van der Waals surface area (Å²) in [6.45, 7) is 5.57. The first-order valence-electron chi connectivity index (χ1n) is 10.7. The predicted octanol–water partition coefficient (Wildman–Crippen LogP) is 5.97. The van der Waals surface area contributed by atoms with Crippen molar-refractivity contribution in [3.05, 3.63) is 107 Å². The number of aliphatic hydroxyl groups is 1. The summed E-state index contributed by atoms with van der Waals surface area (Å²) < 4.78 is 5.41. The number of benzene rings is 3. The van der Waals surface area contributed by atoms with Gasteiger partial charge < -0.3 is 9.84 Å². The van der Waals surface area contributed by atoms with Crippen LogP contribution in [0.1, 0.15) is 55.0 Å². The van der Waals surface area contributed by atoms with Crippen LogP contribution in [0.5, 0.6) is 0 Å². The first-order valence-corrected chi connectivity index (χ1v) is 10.7. The molecule has 1 atom stereocenters. The summed E-state index contributed by atoms with van der Waals surface area (Å²) in [5, 5.41) is 10.8. The quantitative estimate of drug-likeness (QED) is 0.415. The molecule has 0 radical (unpaired) electrons. The lowest BCUT2D eigenvalue weighted by Crippen LogP contribution is -2.24. The van der Waals surface area contributed by atoms with E-state index in [4.69, 9.17) is 4.74 Å². The third-order valence-corrected chi connectivity index (χ3v) is 5.43. The molecule has 31 heavy (non-hydrogen) atoms. The second-order valence-corrected chi connectivity index (χ2v) is 8.99. The molecule has 0 aromatic heterocycles. The Morgan fingerprint density at radius 3 is 2.19 bits per heavy atom. The molecule has 0 amide bonds. The molecular weight excluding hydrogens is 384 g/mol. The Balaban J connectivity index is 1.53. The summed E-state index contributed by atoms with van der Waals surface area (Å²) in [6, 6.07) is 24.3. The number of allylic oxidation sites excluding steroid dienone is 1. The van der Waals surface area contributed by atoms with Crippen LogP contribution in [0.3, 0.4) is 0 Å². The Morgan fingerprint density at radius 1 is 0.968 bits per heavy atom. The zero-order valence-electron chi connectivity index (χ0n) is 18.2. The predicted molar refractivity (Wildman–Crippen MR) is 124 cm³/mol. The van der Waals surface area contributed by atoms with Gasteiger partial charge in [0.1, 0.15) is 5.60 Å². The second-order valence-electron chi connectivity index (χ2n) is 8.99. The lowest BCUT2D eigenvalue weighted by atomic mass is 9.95. The largest absolute Gasteiger partial charge is 0.460 e. The summed E-state index contributed by atoms with van der Waals surface area (Å²) in [5.74, 6) is -0.152. The van der Waals surface area contributed by atoms with Gasteiger partial charge in [-0.1, -0.05) is 84.9 Å². The van der Waals surface area contributed by atoms with Gasteiger partial charge >= 0.3 is 5.97 Å². The Morgan fingerprint density at radius 2 is 1.58 bits per heavy atom. The maximum absolute atomic E-state index is 12.1. The fourth-order valence-electron chi connectivity index (χ4n) is 4.16. The summed E-state index contributed by atoms with van der Waals surface area (Å²) in [4.78, 5) is 12.1. The summed E-state index contributed by atoms with van der Waals surface area (Å²) in [7, 11) is 0. The van der Waals surface area contributed by atoms with Gasteiger partial charge in [0.25, 0.3) is 0 Å². The topological polar surface area (TPSA) is 46.5 Å². The number of ether oxygens (including phenoxy) is 1. The van der Waals surface area contributed by atoms with E-state index < -0.39 is 11.7 Å². The number of hydrogen-bond acceptors (Lipinski definition) is 3. The number of carbonyl (C=O) groups is 1. The van der Waals surface area contributed by atoms with E-state index in [9.17, 15) is 9.90 Å². The number of aliphatic hydroxyl groups excluding tert-OH is 1. The van der Waals surface area contributed by atoms with Gasteiger partial charge in [0, 0.05) is 5.92 Å². The fraction of sp³-hybridized carbons (Fsp3) is 0.250. The second kappa shape index (κ2) is 8.52. The Hall–Kier alpha value is -3.17. The summed E-state index contributed by atoms with van der Waals surface area (Å²) in [5.41, 5.74) is 6.10. The van der Waals surface area contributed by atoms with Gasteiger partial charge in [0.2, 0.25) is 0 Å². The first-order chi connectivity index (χ1) is 14.8. The Labute approximate surface area is 184 Å². The van der Waals surface area contributed by atoms with E-state index in [0.717, 1.165) is 11.1 Å². The Bertz CT molecular complexity index is 1080. The van der Waals surface area contributed by atoms with Gasteiger partial charge in [-0.3, -0.25) is 4.79 Å². The highest BCUT2D eigenvalue weighted by Crippen LogP contribution is 2.45. The van der Waals surface area contributed by atoms with Crippen LogP contribution in [0, 0.1) is 0 Å². The van der Waals surface area contributed by atoms with Crippen molar-refractivity contribution in [1.82, 2.24) is 0 Å². The molecule has 0 heterocycles. The SMILES string of the molecule is CC(C)(C)OC(=O)Cc1cccc(C(O)/C=C/C2c3ccccc3-c3ccccc32)c1. The van der Waals surface area contributed by atoms with E-state index in [1.165, 1.54) is 22.3 Å². The highest BCUT2D eigenvalue weighted by atomic mass is 16.6. The van der Waals surface area contributed by atoms with Crippen molar-refractivity contribution in [2.24, 2.45) is 0 Å². The van der Waals surface area contributed by atoms with E-state index >= 15 is 0 Å². The van der Waals surface area contributed by atoms with Crippen molar-refractivity contribution < 1.29 is 14.6 Å². The molecule has 1 aliphatic rings. The van der Waals surface area contributed by atoms with Crippen LogP contribution in [-0.4, -0.2) is 16.7 Å². The van der Waals surface area contributed by atoms with Crippen LogP contribution in [0.2, 0.25) is 0 Å². The number of esters is 1. The van der Waals surface area contributed by atoms with Gasteiger partial charge in [-0.15, -0.1) is 0 Å². The van der Waals surface area contributed by atoms with Crippen molar-refractivity contribution in [3.63, 3.8) is 0 Å². The average molecular weight is 413 g/mol. The molecule has 0 fully saturated rings. The van der Waals surface area contributed by atoms with Gasteiger partial charge in [-0.2, -0.15) is 0 Å². The standard InChI is InChI=1S/C28H28O3/c1-28(2,3)31-27(30)18-19-9-8-10-20(17-19)26(29)16-15-25-23-13-6-4-11-21(23)22-12-5-7-14-24(22)25/h4-17,25-26,29H,18H2,1-3H3/b16-15+. The maximum Gasteiger partial charge on any atom is 0.310 e. The van der Waals surface area contributed by atoms with Crippen molar-refractivity contribution >= 4 is 5.97 Å². The van der Waals surface area contributed by atoms with E-state index in [0.29, 0.717) is 0 Å². The smallest absolute Gasteiger partial charge is 0.310 e. The molecule has 0 aliphatic heterocycles. The molecule has 3 heteroatoms. The molecule has 1 N–H and O–H groups in total. The third kappa shape index (κ3) is 4.78.